The summed E-state index contributed by atoms with van der Waals surface area (Å²) in [5.74, 6) is 0.377. The molecule has 9 heteroatoms. The van der Waals surface area contributed by atoms with Crippen molar-refractivity contribution in [3.05, 3.63) is 65.5 Å². The van der Waals surface area contributed by atoms with Gasteiger partial charge in [-0.05, 0) is 48.9 Å². The van der Waals surface area contributed by atoms with Gasteiger partial charge in [-0.2, -0.15) is 0 Å². The Kier molecular flexibility index (Phi) is 9.67. The van der Waals surface area contributed by atoms with Crippen molar-refractivity contribution in [1.82, 2.24) is 15.4 Å². The van der Waals surface area contributed by atoms with Crippen molar-refractivity contribution in [2.45, 2.75) is 17.9 Å². The first-order valence-corrected chi connectivity index (χ1v) is 9.64. The number of halogens is 2. The summed E-state index contributed by atoms with van der Waals surface area (Å²) in [7, 11) is -0.380. The molecular formula is C18H24FIN4O2S. The van der Waals surface area contributed by atoms with Gasteiger partial charge in [0.15, 0.2) is 5.96 Å². The van der Waals surface area contributed by atoms with Crippen LogP contribution in [0.25, 0.3) is 0 Å². The van der Waals surface area contributed by atoms with Crippen molar-refractivity contribution in [3.63, 3.8) is 0 Å². The molecule has 0 atom stereocenters. The van der Waals surface area contributed by atoms with Gasteiger partial charge in [-0.25, -0.2) is 17.5 Å². The number of guanidine groups is 1. The maximum atomic E-state index is 13.2. The minimum atomic E-state index is -3.43. The van der Waals surface area contributed by atoms with Gasteiger partial charge in [0, 0.05) is 20.1 Å². The highest BCUT2D eigenvalue weighted by atomic mass is 127. The van der Waals surface area contributed by atoms with Crippen LogP contribution in [0.15, 0.2) is 58.4 Å². The van der Waals surface area contributed by atoms with Gasteiger partial charge in [0.1, 0.15) is 5.82 Å². The molecule has 0 heterocycles. The second-order valence-corrected chi connectivity index (χ2v) is 7.47. The predicted octanol–water partition coefficient (Wildman–Crippen LogP) is 2.26. The summed E-state index contributed by atoms with van der Waals surface area (Å²) in [5, 5.41) is 6.32. The Bertz CT molecular complexity index is 858. The zero-order valence-corrected chi connectivity index (χ0v) is 18.3. The van der Waals surface area contributed by atoms with Gasteiger partial charge in [-0.1, -0.05) is 24.3 Å². The Morgan fingerprint density at radius 1 is 1.07 bits per heavy atom. The normalized spacial score (nSPS) is 11.6. The van der Waals surface area contributed by atoms with E-state index >= 15 is 0 Å². The van der Waals surface area contributed by atoms with Crippen LogP contribution in [0.5, 0.6) is 0 Å². The largest absolute Gasteiger partial charge is 0.356 e. The minimum absolute atomic E-state index is 0. The molecule has 0 unspecified atom stereocenters. The van der Waals surface area contributed by atoms with Crippen molar-refractivity contribution in [3.8, 4) is 0 Å². The molecule has 0 bridgehead atoms. The van der Waals surface area contributed by atoms with E-state index in [2.05, 4.69) is 20.3 Å². The summed E-state index contributed by atoms with van der Waals surface area (Å²) >= 11 is 0. The fraction of sp³-hybridized carbons (Fsp3) is 0.278. The van der Waals surface area contributed by atoms with Crippen LogP contribution in [0, 0.1) is 5.82 Å². The molecule has 3 N–H and O–H groups in total. The first-order chi connectivity index (χ1) is 12.4. The molecule has 2 aromatic rings. The van der Waals surface area contributed by atoms with Gasteiger partial charge < -0.3 is 10.6 Å². The van der Waals surface area contributed by atoms with Gasteiger partial charge in [0.25, 0.3) is 0 Å². The summed E-state index contributed by atoms with van der Waals surface area (Å²) in [6, 6.07) is 13.1. The molecule has 0 aromatic heterocycles. The highest BCUT2D eigenvalue weighted by Gasteiger charge is 2.10. The van der Waals surface area contributed by atoms with E-state index in [0.29, 0.717) is 25.5 Å². The SMILES string of the molecule is CN=C(NCCc1cccc(F)c1)NCc1ccc(S(=O)(=O)NC)cc1.I. The maximum Gasteiger partial charge on any atom is 0.240 e. The van der Waals surface area contributed by atoms with Gasteiger partial charge in [-0.15, -0.1) is 24.0 Å². The predicted molar refractivity (Wildman–Crippen MR) is 116 cm³/mol. The number of aliphatic imine (C=N–C) groups is 1. The molecule has 27 heavy (non-hydrogen) atoms. The molecule has 0 saturated carbocycles. The van der Waals surface area contributed by atoms with E-state index in [9.17, 15) is 12.8 Å². The second kappa shape index (κ2) is 11.2. The average Bonchev–Trinajstić information content (AvgIpc) is 2.65. The van der Waals surface area contributed by atoms with Crippen LogP contribution in [-0.4, -0.2) is 35.0 Å². The molecule has 2 aromatic carbocycles. The van der Waals surface area contributed by atoms with Gasteiger partial charge in [-0.3, -0.25) is 4.99 Å². The van der Waals surface area contributed by atoms with Crippen molar-refractivity contribution in [2.75, 3.05) is 20.6 Å². The van der Waals surface area contributed by atoms with Crippen molar-refractivity contribution in [2.24, 2.45) is 4.99 Å². The lowest BCUT2D eigenvalue weighted by Gasteiger charge is -2.12. The highest BCUT2D eigenvalue weighted by molar-refractivity contribution is 14.0. The third kappa shape index (κ3) is 7.43. The third-order valence-electron chi connectivity index (χ3n) is 3.78. The van der Waals surface area contributed by atoms with E-state index < -0.39 is 10.0 Å². The Balaban J connectivity index is 0.00000364. The van der Waals surface area contributed by atoms with Gasteiger partial charge >= 0.3 is 0 Å². The molecule has 0 aliphatic carbocycles. The molecule has 148 valence electrons. The second-order valence-electron chi connectivity index (χ2n) is 5.58. The fourth-order valence-corrected chi connectivity index (χ4v) is 3.06. The summed E-state index contributed by atoms with van der Waals surface area (Å²) in [6.07, 6.45) is 0.676. The van der Waals surface area contributed by atoms with Crippen LogP contribution in [0.2, 0.25) is 0 Å². The van der Waals surface area contributed by atoms with Crippen LogP contribution >= 0.6 is 24.0 Å². The molecule has 0 fully saturated rings. The van der Waals surface area contributed by atoms with Crippen LogP contribution in [0.1, 0.15) is 11.1 Å². The lowest BCUT2D eigenvalue weighted by molar-refractivity contribution is 0.588. The van der Waals surface area contributed by atoms with Crippen LogP contribution in [0.3, 0.4) is 0 Å². The molecule has 0 aliphatic heterocycles. The average molecular weight is 506 g/mol. The molecular weight excluding hydrogens is 482 g/mol. The molecule has 0 amide bonds. The number of benzene rings is 2. The van der Waals surface area contributed by atoms with Crippen molar-refractivity contribution in [1.29, 1.82) is 0 Å². The Morgan fingerprint density at radius 2 is 1.78 bits per heavy atom. The van der Waals surface area contributed by atoms with E-state index in [4.69, 9.17) is 0 Å². The lowest BCUT2D eigenvalue weighted by atomic mass is 10.1. The molecule has 0 radical (unpaired) electrons. The third-order valence-corrected chi connectivity index (χ3v) is 5.21. The first kappa shape index (κ1) is 23.3. The Morgan fingerprint density at radius 3 is 2.37 bits per heavy atom. The highest BCUT2D eigenvalue weighted by Crippen LogP contribution is 2.10. The zero-order valence-electron chi connectivity index (χ0n) is 15.2. The number of hydrogen-bond acceptors (Lipinski definition) is 3. The monoisotopic (exact) mass is 506 g/mol. The summed E-state index contributed by atoms with van der Waals surface area (Å²) in [6.45, 7) is 1.11. The van der Waals surface area contributed by atoms with E-state index in [1.165, 1.54) is 19.2 Å². The topological polar surface area (TPSA) is 82.6 Å². The smallest absolute Gasteiger partial charge is 0.240 e. The summed E-state index contributed by atoms with van der Waals surface area (Å²) in [4.78, 5) is 4.36. The van der Waals surface area contributed by atoms with E-state index in [0.717, 1.165) is 11.1 Å². The van der Waals surface area contributed by atoms with E-state index in [1.54, 1.807) is 37.4 Å². The first-order valence-electron chi connectivity index (χ1n) is 8.16. The Labute approximate surface area is 176 Å². The number of sulfonamides is 1. The van der Waals surface area contributed by atoms with Crippen molar-refractivity contribution >= 4 is 40.0 Å². The van der Waals surface area contributed by atoms with Gasteiger partial charge in [0.2, 0.25) is 10.0 Å². The summed E-state index contributed by atoms with van der Waals surface area (Å²) < 4.78 is 38.8. The molecule has 0 aliphatic rings. The number of nitrogens with one attached hydrogen (secondary N) is 3. The molecule has 6 nitrogen and oxygen atoms in total. The standard InChI is InChI=1S/C18H23FN4O2S.HI/c1-20-18(22-11-10-14-4-3-5-16(19)12-14)23-13-15-6-8-17(9-7-15)26(24,25)21-2;/h3-9,12,21H,10-11,13H2,1-2H3,(H2,20,22,23);1H. The molecule has 2 rings (SSSR count). The van der Waals surface area contributed by atoms with E-state index in [-0.39, 0.29) is 34.7 Å². The maximum absolute atomic E-state index is 13.2. The van der Waals surface area contributed by atoms with Crippen LogP contribution in [-0.2, 0) is 23.0 Å². The number of rotatable bonds is 7. The number of hydrogen-bond donors (Lipinski definition) is 3. The van der Waals surface area contributed by atoms with E-state index in [1.807, 2.05) is 6.07 Å². The van der Waals surface area contributed by atoms with Crippen LogP contribution < -0.4 is 15.4 Å². The van der Waals surface area contributed by atoms with Crippen LogP contribution in [0.4, 0.5) is 4.39 Å². The quantitative estimate of drug-likeness (QED) is 0.306. The fourth-order valence-electron chi connectivity index (χ4n) is 2.33. The Hall–Kier alpha value is -1.72. The minimum Gasteiger partial charge on any atom is -0.356 e. The van der Waals surface area contributed by atoms with Crippen molar-refractivity contribution < 1.29 is 12.8 Å². The lowest BCUT2D eigenvalue weighted by Crippen LogP contribution is -2.37. The number of nitrogens with zero attached hydrogens (tertiary/aromatic N) is 1. The molecule has 0 saturated heterocycles. The summed E-state index contributed by atoms with van der Waals surface area (Å²) in [5.41, 5.74) is 1.84. The zero-order chi connectivity index (χ0) is 19.0. The van der Waals surface area contributed by atoms with Gasteiger partial charge in [0.05, 0.1) is 4.90 Å². The molecule has 0 spiro atoms.